The number of amides is 2. The predicted molar refractivity (Wildman–Crippen MR) is 120 cm³/mol. The number of aromatic nitrogens is 1. The van der Waals surface area contributed by atoms with Gasteiger partial charge in [-0.1, -0.05) is 24.3 Å². The molecule has 1 unspecified atom stereocenters. The van der Waals surface area contributed by atoms with Crippen molar-refractivity contribution in [3.63, 3.8) is 0 Å². The summed E-state index contributed by atoms with van der Waals surface area (Å²) >= 11 is 0. The molecule has 2 atom stereocenters. The largest absolute Gasteiger partial charge is 0.481 e. The van der Waals surface area contributed by atoms with Gasteiger partial charge < -0.3 is 14.5 Å². The van der Waals surface area contributed by atoms with Crippen molar-refractivity contribution in [2.75, 3.05) is 19.6 Å². The number of benzene rings is 2. The average Bonchev–Trinajstić information content (AvgIpc) is 2.78. The second-order valence-electron chi connectivity index (χ2n) is 8.07. The lowest BCUT2D eigenvalue weighted by Gasteiger charge is -2.40. The molecule has 1 aromatic heterocycles. The Kier molecular flexibility index (Phi) is 5.89. The molecule has 0 aliphatic carbocycles. The first-order valence-electron chi connectivity index (χ1n) is 10.6. The van der Waals surface area contributed by atoms with Crippen LogP contribution in [0.5, 0.6) is 5.75 Å². The zero-order chi connectivity index (χ0) is 22.0. The highest BCUT2D eigenvalue weighted by atomic mass is 16.5. The number of hydrogen-bond acceptors (Lipinski definition) is 4. The Morgan fingerprint density at radius 3 is 2.58 bits per heavy atom. The van der Waals surface area contributed by atoms with Gasteiger partial charge in [0.15, 0.2) is 6.10 Å². The molecule has 31 heavy (non-hydrogen) atoms. The van der Waals surface area contributed by atoms with Crippen molar-refractivity contribution in [1.29, 1.82) is 0 Å². The monoisotopic (exact) mass is 417 g/mol. The first-order chi connectivity index (χ1) is 14.9. The van der Waals surface area contributed by atoms with Crippen LogP contribution in [0.3, 0.4) is 0 Å². The quantitative estimate of drug-likeness (QED) is 0.650. The van der Waals surface area contributed by atoms with Crippen LogP contribution in [0.25, 0.3) is 10.9 Å². The van der Waals surface area contributed by atoms with Crippen molar-refractivity contribution < 1.29 is 14.3 Å². The molecule has 1 aliphatic heterocycles. The number of aryl methyl sites for hydroxylation is 1. The second kappa shape index (κ2) is 8.76. The molecular weight excluding hydrogens is 390 g/mol. The zero-order valence-corrected chi connectivity index (χ0v) is 18.1. The normalized spacial score (nSPS) is 17.5. The molecule has 0 saturated carbocycles. The van der Waals surface area contributed by atoms with Crippen LogP contribution in [0.4, 0.5) is 0 Å². The highest BCUT2D eigenvalue weighted by Crippen LogP contribution is 2.22. The van der Waals surface area contributed by atoms with E-state index in [4.69, 9.17) is 4.74 Å². The van der Waals surface area contributed by atoms with Gasteiger partial charge in [-0.3, -0.25) is 14.6 Å². The maximum absolute atomic E-state index is 13.1. The number of hydrogen-bond donors (Lipinski definition) is 0. The minimum Gasteiger partial charge on any atom is -0.481 e. The molecule has 1 fully saturated rings. The number of fused-ring (bicyclic) bond motifs is 1. The minimum absolute atomic E-state index is 0.00357. The third-order valence-electron chi connectivity index (χ3n) is 5.68. The maximum atomic E-state index is 13.1. The van der Waals surface area contributed by atoms with Crippen molar-refractivity contribution in [2.45, 2.75) is 32.9 Å². The summed E-state index contributed by atoms with van der Waals surface area (Å²) in [6.45, 7) is 7.21. The molecule has 0 N–H and O–H groups in total. The van der Waals surface area contributed by atoms with Crippen molar-refractivity contribution in [1.82, 2.24) is 14.8 Å². The van der Waals surface area contributed by atoms with E-state index >= 15 is 0 Å². The number of rotatable bonds is 4. The van der Waals surface area contributed by atoms with Gasteiger partial charge >= 0.3 is 0 Å². The molecule has 1 aliphatic rings. The zero-order valence-electron chi connectivity index (χ0n) is 18.1. The summed E-state index contributed by atoms with van der Waals surface area (Å²) in [5, 5.41) is 0.976. The van der Waals surface area contributed by atoms with E-state index in [1.54, 1.807) is 6.92 Å². The molecule has 2 amide bonds. The lowest BCUT2D eigenvalue weighted by molar-refractivity contribution is -0.142. The predicted octanol–water partition coefficient (Wildman–Crippen LogP) is 3.68. The Morgan fingerprint density at radius 1 is 1.06 bits per heavy atom. The molecule has 0 bridgehead atoms. The molecule has 3 aromatic rings. The molecule has 4 rings (SSSR count). The SMILES string of the molecule is Cc1ccc2cc(OC(C)C(=O)N3CCN(C(=O)c4ccccc4)C[C@H]3C)ccc2n1. The van der Waals surface area contributed by atoms with Gasteiger partial charge in [0.25, 0.3) is 11.8 Å². The molecule has 0 spiro atoms. The molecule has 2 heterocycles. The molecule has 160 valence electrons. The van der Waals surface area contributed by atoms with E-state index in [2.05, 4.69) is 4.98 Å². The standard InChI is InChI=1S/C25H27N3O3/c1-17-9-10-21-15-22(11-12-23(21)26-17)31-19(3)24(29)28-14-13-27(16-18(28)2)25(30)20-7-5-4-6-8-20/h4-12,15,18-19H,13-14,16H2,1-3H3/t18-,19?/m1/s1. The van der Waals surface area contributed by atoms with Crippen LogP contribution < -0.4 is 4.74 Å². The molecule has 0 radical (unpaired) electrons. The van der Waals surface area contributed by atoms with E-state index in [0.717, 1.165) is 16.6 Å². The fraction of sp³-hybridized carbons (Fsp3) is 0.320. The van der Waals surface area contributed by atoms with E-state index in [1.807, 2.05) is 84.3 Å². The van der Waals surface area contributed by atoms with Crippen LogP contribution in [0.2, 0.25) is 0 Å². The van der Waals surface area contributed by atoms with Gasteiger partial charge in [-0.25, -0.2) is 0 Å². The third-order valence-corrected chi connectivity index (χ3v) is 5.68. The Balaban J connectivity index is 1.39. The van der Waals surface area contributed by atoms with Gasteiger partial charge in [0.05, 0.1) is 5.52 Å². The van der Waals surface area contributed by atoms with Gasteiger partial charge in [0.1, 0.15) is 5.75 Å². The Morgan fingerprint density at radius 2 is 1.84 bits per heavy atom. The number of ether oxygens (including phenoxy) is 1. The Hall–Kier alpha value is -3.41. The van der Waals surface area contributed by atoms with Crippen molar-refractivity contribution in [3.8, 4) is 5.75 Å². The summed E-state index contributed by atoms with van der Waals surface area (Å²) in [4.78, 5) is 33.9. The summed E-state index contributed by atoms with van der Waals surface area (Å²) in [6.07, 6.45) is -0.616. The van der Waals surface area contributed by atoms with Crippen LogP contribution in [0.1, 0.15) is 29.9 Å². The van der Waals surface area contributed by atoms with Gasteiger partial charge in [-0.05, 0) is 57.2 Å². The molecular formula is C25H27N3O3. The number of piperazine rings is 1. The van der Waals surface area contributed by atoms with Crippen molar-refractivity contribution >= 4 is 22.7 Å². The van der Waals surface area contributed by atoms with E-state index in [1.165, 1.54) is 0 Å². The number of carbonyl (C=O) groups excluding carboxylic acids is 2. The van der Waals surface area contributed by atoms with Crippen LogP contribution in [0.15, 0.2) is 60.7 Å². The van der Waals surface area contributed by atoms with Crippen molar-refractivity contribution in [2.24, 2.45) is 0 Å². The van der Waals surface area contributed by atoms with E-state index in [-0.39, 0.29) is 17.9 Å². The Bertz CT molecular complexity index is 1100. The van der Waals surface area contributed by atoms with Crippen molar-refractivity contribution in [3.05, 3.63) is 71.9 Å². The first-order valence-corrected chi connectivity index (χ1v) is 10.6. The van der Waals surface area contributed by atoms with Crippen LogP contribution in [-0.2, 0) is 4.79 Å². The minimum atomic E-state index is -0.616. The van der Waals surface area contributed by atoms with Gasteiger partial charge in [-0.15, -0.1) is 0 Å². The molecule has 2 aromatic carbocycles. The third kappa shape index (κ3) is 4.53. The van der Waals surface area contributed by atoms with Crippen LogP contribution in [0, 0.1) is 6.92 Å². The molecule has 6 nitrogen and oxygen atoms in total. The fourth-order valence-corrected chi connectivity index (χ4v) is 4.00. The smallest absolute Gasteiger partial charge is 0.263 e. The van der Waals surface area contributed by atoms with Gasteiger partial charge in [-0.2, -0.15) is 0 Å². The lowest BCUT2D eigenvalue weighted by atomic mass is 10.1. The van der Waals surface area contributed by atoms with Gasteiger partial charge in [0.2, 0.25) is 0 Å². The first kappa shape index (κ1) is 20.8. The van der Waals surface area contributed by atoms with Crippen LogP contribution in [-0.4, -0.2) is 58.4 Å². The number of pyridine rings is 1. The Labute approximate surface area is 182 Å². The average molecular weight is 418 g/mol. The number of nitrogens with zero attached hydrogens (tertiary/aromatic N) is 3. The second-order valence-corrected chi connectivity index (χ2v) is 8.07. The van der Waals surface area contributed by atoms with Gasteiger partial charge in [0, 0.05) is 42.3 Å². The fourth-order valence-electron chi connectivity index (χ4n) is 4.00. The molecule has 1 saturated heterocycles. The highest BCUT2D eigenvalue weighted by Gasteiger charge is 2.32. The summed E-state index contributed by atoms with van der Waals surface area (Å²) in [6, 6.07) is 18.8. The van der Waals surface area contributed by atoms with E-state index in [0.29, 0.717) is 30.9 Å². The van der Waals surface area contributed by atoms with E-state index < -0.39 is 6.10 Å². The maximum Gasteiger partial charge on any atom is 0.263 e. The summed E-state index contributed by atoms with van der Waals surface area (Å²) in [7, 11) is 0. The summed E-state index contributed by atoms with van der Waals surface area (Å²) in [5.74, 6) is 0.579. The summed E-state index contributed by atoms with van der Waals surface area (Å²) < 4.78 is 5.96. The molecule has 6 heteroatoms. The topological polar surface area (TPSA) is 62.7 Å². The summed E-state index contributed by atoms with van der Waals surface area (Å²) in [5.41, 5.74) is 2.54. The highest BCUT2D eigenvalue weighted by molar-refractivity contribution is 5.94. The van der Waals surface area contributed by atoms with Crippen LogP contribution >= 0.6 is 0 Å². The lowest BCUT2D eigenvalue weighted by Crippen LogP contribution is -2.57. The number of carbonyl (C=O) groups is 2. The van der Waals surface area contributed by atoms with E-state index in [9.17, 15) is 9.59 Å².